The van der Waals surface area contributed by atoms with Crippen LogP contribution in [0, 0.1) is 5.92 Å². The van der Waals surface area contributed by atoms with Gasteiger partial charge in [0.05, 0.1) is 5.56 Å². The molecule has 1 aromatic rings. The van der Waals surface area contributed by atoms with Gasteiger partial charge in [-0.3, -0.25) is 4.79 Å². The van der Waals surface area contributed by atoms with Gasteiger partial charge in [0.15, 0.2) is 0 Å². The van der Waals surface area contributed by atoms with Crippen LogP contribution in [0.3, 0.4) is 0 Å². The van der Waals surface area contributed by atoms with Crippen LogP contribution < -0.4 is 5.32 Å². The molecule has 0 aliphatic carbocycles. The van der Waals surface area contributed by atoms with Crippen LogP contribution in [-0.2, 0) is 0 Å². The molecule has 3 nitrogen and oxygen atoms in total. The predicted octanol–water partition coefficient (Wildman–Crippen LogP) is 2.93. The normalized spacial score (nSPS) is 10.5. The summed E-state index contributed by atoms with van der Waals surface area (Å²) in [5, 5.41) is 12.4. The molecule has 1 amide bonds. The highest BCUT2D eigenvalue weighted by molar-refractivity contribution is 9.10. The van der Waals surface area contributed by atoms with Gasteiger partial charge < -0.3 is 10.4 Å². The summed E-state index contributed by atoms with van der Waals surface area (Å²) >= 11 is 3.23. The molecular formula is C12H16BrNO2. The molecule has 1 rings (SSSR count). The lowest BCUT2D eigenvalue weighted by Gasteiger charge is -2.08. The van der Waals surface area contributed by atoms with E-state index in [9.17, 15) is 9.90 Å². The van der Waals surface area contributed by atoms with Crippen molar-refractivity contribution in [2.24, 2.45) is 5.92 Å². The van der Waals surface area contributed by atoms with Gasteiger partial charge >= 0.3 is 0 Å². The number of halogens is 1. The van der Waals surface area contributed by atoms with Crippen molar-refractivity contribution in [2.75, 3.05) is 6.54 Å². The fourth-order valence-corrected chi connectivity index (χ4v) is 1.62. The summed E-state index contributed by atoms with van der Waals surface area (Å²) in [5.74, 6) is 0.320. The third kappa shape index (κ3) is 3.85. The zero-order valence-electron chi connectivity index (χ0n) is 9.46. The second kappa shape index (κ2) is 5.89. The van der Waals surface area contributed by atoms with Gasteiger partial charge in [-0.25, -0.2) is 0 Å². The minimum Gasteiger partial charge on any atom is -0.507 e. The zero-order valence-corrected chi connectivity index (χ0v) is 11.0. The van der Waals surface area contributed by atoms with Crippen LogP contribution in [0.15, 0.2) is 22.7 Å². The molecule has 88 valence electrons. The number of amides is 1. The average molecular weight is 286 g/mol. The Kier molecular flexibility index (Phi) is 4.80. The lowest BCUT2D eigenvalue weighted by Crippen LogP contribution is -2.25. The van der Waals surface area contributed by atoms with E-state index in [1.165, 1.54) is 6.07 Å². The third-order valence-electron chi connectivity index (χ3n) is 2.21. The summed E-state index contributed by atoms with van der Waals surface area (Å²) in [7, 11) is 0. The summed E-state index contributed by atoms with van der Waals surface area (Å²) in [6.07, 6.45) is 0.934. The monoisotopic (exact) mass is 285 g/mol. The van der Waals surface area contributed by atoms with Gasteiger partial charge in [0.25, 0.3) is 5.91 Å². The quantitative estimate of drug-likeness (QED) is 0.894. The molecule has 0 heterocycles. The number of phenols is 1. The summed E-state index contributed by atoms with van der Waals surface area (Å²) < 4.78 is 0.753. The molecule has 0 aliphatic rings. The number of carbonyl (C=O) groups excluding carboxylic acids is 1. The van der Waals surface area contributed by atoms with E-state index in [0.717, 1.165) is 10.9 Å². The molecule has 0 atom stereocenters. The van der Waals surface area contributed by atoms with E-state index in [0.29, 0.717) is 18.0 Å². The molecule has 2 N–H and O–H groups in total. The summed E-state index contributed by atoms with van der Waals surface area (Å²) in [6, 6.07) is 4.85. The fraction of sp³-hybridized carbons (Fsp3) is 0.417. The van der Waals surface area contributed by atoms with Crippen molar-refractivity contribution in [1.82, 2.24) is 5.32 Å². The molecule has 4 heteroatoms. The SMILES string of the molecule is CC(C)CCNC(=O)c1ccc(Br)cc1O. The van der Waals surface area contributed by atoms with Gasteiger partial charge in [0.1, 0.15) is 5.75 Å². The molecule has 0 saturated heterocycles. The molecule has 0 aliphatic heterocycles. The number of aromatic hydroxyl groups is 1. The Morgan fingerprint density at radius 3 is 2.75 bits per heavy atom. The molecule has 0 saturated carbocycles. The molecule has 0 radical (unpaired) electrons. The minimum atomic E-state index is -0.231. The maximum absolute atomic E-state index is 11.7. The first-order valence-corrected chi connectivity index (χ1v) is 6.06. The second-order valence-electron chi connectivity index (χ2n) is 4.10. The number of rotatable bonds is 4. The van der Waals surface area contributed by atoms with Crippen LogP contribution in [0.2, 0.25) is 0 Å². The van der Waals surface area contributed by atoms with Crippen LogP contribution >= 0.6 is 15.9 Å². The predicted molar refractivity (Wildman–Crippen MR) is 67.6 cm³/mol. The molecular weight excluding hydrogens is 270 g/mol. The Morgan fingerprint density at radius 2 is 2.19 bits per heavy atom. The van der Waals surface area contributed by atoms with Gasteiger partial charge in [-0.15, -0.1) is 0 Å². The van der Waals surface area contributed by atoms with Gasteiger partial charge in [-0.1, -0.05) is 29.8 Å². The largest absolute Gasteiger partial charge is 0.507 e. The summed E-state index contributed by atoms with van der Waals surface area (Å²) in [6.45, 7) is 4.83. The van der Waals surface area contributed by atoms with Crippen molar-refractivity contribution in [2.45, 2.75) is 20.3 Å². The van der Waals surface area contributed by atoms with Gasteiger partial charge in [-0.2, -0.15) is 0 Å². The fourth-order valence-electron chi connectivity index (χ4n) is 1.27. The Bertz CT molecular complexity index is 377. The lowest BCUT2D eigenvalue weighted by molar-refractivity contribution is 0.0949. The van der Waals surface area contributed by atoms with E-state index in [-0.39, 0.29) is 11.7 Å². The molecule has 0 aromatic heterocycles. The molecule has 16 heavy (non-hydrogen) atoms. The number of hydrogen-bond acceptors (Lipinski definition) is 2. The van der Waals surface area contributed by atoms with Crippen LogP contribution in [-0.4, -0.2) is 17.6 Å². The van der Waals surface area contributed by atoms with Crippen molar-refractivity contribution in [1.29, 1.82) is 0 Å². The number of hydrogen-bond donors (Lipinski definition) is 2. The van der Waals surface area contributed by atoms with E-state index < -0.39 is 0 Å². The molecule has 0 bridgehead atoms. The van der Waals surface area contributed by atoms with Crippen LogP contribution in [0.5, 0.6) is 5.75 Å². The molecule has 0 unspecified atom stereocenters. The number of carbonyl (C=O) groups is 1. The van der Waals surface area contributed by atoms with E-state index in [1.54, 1.807) is 12.1 Å². The van der Waals surface area contributed by atoms with Crippen molar-refractivity contribution >= 4 is 21.8 Å². The first-order valence-electron chi connectivity index (χ1n) is 5.27. The zero-order chi connectivity index (χ0) is 12.1. The smallest absolute Gasteiger partial charge is 0.255 e. The molecule has 1 aromatic carbocycles. The Hall–Kier alpha value is -1.03. The van der Waals surface area contributed by atoms with Crippen molar-refractivity contribution < 1.29 is 9.90 Å². The second-order valence-corrected chi connectivity index (χ2v) is 5.02. The summed E-state index contributed by atoms with van der Waals surface area (Å²) in [4.78, 5) is 11.7. The van der Waals surface area contributed by atoms with E-state index >= 15 is 0 Å². The minimum absolute atomic E-state index is 0.00331. The van der Waals surface area contributed by atoms with Gasteiger partial charge in [0, 0.05) is 11.0 Å². The van der Waals surface area contributed by atoms with Gasteiger partial charge in [-0.05, 0) is 30.5 Å². The van der Waals surface area contributed by atoms with Crippen LogP contribution in [0.25, 0.3) is 0 Å². The van der Waals surface area contributed by atoms with Crippen molar-refractivity contribution in [3.63, 3.8) is 0 Å². The molecule has 0 fully saturated rings. The number of nitrogens with one attached hydrogen (secondary N) is 1. The topological polar surface area (TPSA) is 49.3 Å². The highest BCUT2D eigenvalue weighted by Crippen LogP contribution is 2.22. The maximum atomic E-state index is 11.7. The Morgan fingerprint density at radius 1 is 1.50 bits per heavy atom. The standard InChI is InChI=1S/C12H16BrNO2/c1-8(2)5-6-14-12(16)10-4-3-9(13)7-11(10)15/h3-4,7-8,15H,5-6H2,1-2H3,(H,14,16). The first-order chi connectivity index (χ1) is 7.50. The van der Waals surface area contributed by atoms with Crippen molar-refractivity contribution in [3.8, 4) is 5.75 Å². The average Bonchev–Trinajstić information content (AvgIpc) is 2.16. The third-order valence-corrected chi connectivity index (χ3v) is 2.70. The molecule has 0 spiro atoms. The highest BCUT2D eigenvalue weighted by atomic mass is 79.9. The van der Waals surface area contributed by atoms with Crippen LogP contribution in [0.1, 0.15) is 30.6 Å². The first kappa shape index (κ1) is 13.0. The number of phenolic OH excluding ortho intramolecular Hbond substituents is 1. The van der Waals surface area contributed by atoms with E-state index in [2.05, 4.69) is 35.1 Å². The summed E-state index contributed by atoms with van der Waals surface area (Å²) in [5.41, 5.74) is 0.312. The van der Waals surface area contributed by atoms with E-state index in [1.807, 2.05) is 0 Å². The highest BCUT2D eigenvalue weighted by Gasteiger charge is 2.10. The van der Waals surface area contributed by atoms with Crippen molar-refractivity contribution in [3.05, 3.63) is 28.2 Å². The van der Waals surface area contributed by atoms with E-state index in [4.69, 9.17) is 0 Å². The Balaban J connectivity index is 2.59. The van der Waals surface area contributed by atoms with Gasteiger partial charge in [0.2, 0.25) is 0 Å². The van der Waals surface area contributed by atoms with Crippen LogP contribution in [0.4, 0.5) is 0 Å². The Labute approximate surface area is 104 Å². The number of benzene rings is 1. The maximum Gasteiger partial charge on any atom is 0.255 e. The lowest BCUT2D eigenvalue weighted by atomic mass is 10.1.